The zero-order valence-electron chi connectivity index (χ0n) is 11.1. The van der Waals surface area contributed by atoms with Gasteiger partial charge in [0.25, 0.3) is 0 Å². The lowest BCUT2D eigenvalue weighted by atomic mass is 10.1. The average molecular weight is 250 g/mol. The molecule has 4 nitrogen and oxygen atoms in total. The van der Waals surface area contributed by atoms with Crippen LogP contribution >= 0.6 is 0 Å². The SMILES string of the molecule is COc1ccc(OC)c(/C=C/C(=O)OC(C)C)c1. The fourth-order valence-electron chi connectivity index (χ4n) is 1.40. The van der Waals surface area contributed by atoms with Gasteiger partial charge in [0.15, 0.2) is 0 Å². The molecule has 0 aliphatic rings. The normalized spacial score (nSPS) is 10.7. The van der Waals surface area contributed by atoms with E-state index in [-0.39, 0.29) is 12.1 Å². The van der Waals surface area contributed by atoms with Crippen molar-refractivity contribution in [3.63, 3.8) is 0 Å². The molecular weight excluding hydrogens is 232 g/mol. The summed E-state index contributed by atoms with van der Waals surface area (Å²) in [6.45, 7) is 3.61. The Balaban J connectivity index is 2.87. The van der Waals surface area contributed by atoms with Crippen LogP contribution in [0.5, 0.6) is 11.5 Å². The van der Waals surface area contributed by atoms with Crippen LogP contribution in [-0.2, 0) is 9.53 Å². The lowest BCUT2D eigenvalue weighted by Crippen LogP contribution is -2.08. The Bertz CT molecular complexity index is 435. The maximum Gasteiger partial charge on any atom is 0.331 e. The molecule has 0 aliphatic heterocycles. The van der Waals surface area contributed by atoms with Gasteiger partial charge in [-0.05, 0) is 38.1 Å². The number of hydrogen-bond donors (Lipinski definition) is 0. The van der Waals surface area contributed by atoms with Crippen molar-refractivity contribution >= 4 is 12.0 Å². The van der Waals surface area contributed by atoms with Gasteiger partial charge in [-0.15, -0.1) is 0 Å². The third-order valence-corrected chi connectivity index (χ3v) is 2.19. The van der Waals surface area contributed by atoms with E-state index in [2.05, 4.69) is 0 Å². The molecule has 0 aliphatic carbocycles. The molecule has 0 saturated heterocycles. The monoisotopic (exact) mass is 250 g/mol. The molecule has 0 saturated carbocycles. The van der Waals surface area contributed by atoms with Gasteiger partial charge in [-0.25, -0.2) is 4.79 Å². The van der Waals surface area contributed by atoms with E-state index in [1.165, 1.54) is 6.08 Å². The van der Waals surface area contributed by atoms with Crippen LogP contribution in [0.1, 0.15) is 19.4 Å². The largest absolute Gasteiger partial charge is 0.497 e. The number of carbonyl (C=O) groups is 1. The minimum atomic E-state index is -0.380. The number of esters is 1. The van der Waals surface area contributed by atoms with E-state index in [9.17, 15) is 4.79 Å². The van der Waals surface area contributed by atoms with Gasteiger partial charge in [-0.1, -0.05) is 0 Å². The second-order valence-corrected chi connectivity index (χ2v) is 3.93. The molecule has 0 unspecified atom stereocenters. The maximum atomic E-state index is 11.4. The summed E-state index contributed by atoms with van der Waals surface area (Å²) in [6, 6.07) is 5.37. The van der Waals surface area contributed by atoms with Crippen molar-refractivity contribution in [2.75, 3.05) is 14.2 Å². The van der Waals surface area contributed by atoms with E-state index in [0.717, 1.165) is 5.56 Å². The maximum absolute atomic E-state index is 11.4. The number of benzene rings is 1. The molecule has 1 aromatic carbocycles. The fourth-order valence-corrected chi connectivity index (χ4v) is 1.40. The summed E-state index contributed by atoms with van der Waals surface area (Å²) >= 11 is 0. The molecule has 0 heterocycles. The molecular formula is C14H18O4. The van der Waals surface area contributed by atoms with E-state index >= 15 is 0 Å². The second kappa shape index (κ2) is 6.69. The zero-order valence-corrected chi connectivity index (χ0v) is 11.1. The molecule has 18 heavy (non-hydrogen) atoms. The van der Waals surface area contributed by atoms with E-state index in [4.69, 9.17) is 14.2 Å². The summed E-state index contributed by atoms with van der Waals surface area (Å²) in [4.78, 5) is 11.4. The Morgan fingerprint density at radius 3 is 2.50 bits per heavy atom. The first-order valence-electron chi connectivity index (χ1n) is 5.67. The minimum absolute atomic E-state index is 0.130. The molecule has 0 aromatic heterocycles. The number of carbonyl (C=O) groups excluding carboxylic acids is 1. The molecule has 0 N–H and O–H groups in total. The number of hydrogen-bond acceptors (Lipinski definition) is 4. The van der Waals surface area contributed by atoms with Crippen molar-refractivity contribution in [2.24, 2.45) is 0 Å². The summed E-state index contributed by atoms with van der Waals surface area (Å²) in [5.74, 6) is 0.993. The van der Waals surface area contributed by atoms with Gasteiger partial charge in [0, 0.05) is 11.6 Å². The predicted molar refractivity (Wildman–Crippen MR) is 69.8 cm³/mol. The first-order valence-corrected chi connectivity index (χ1v) is 5.67. The van der Waals surface area contributed by atoms with Crippen molar-refractivity contribution in [3.8, 4) is 11.5 Å². The van der Waals surface area contributed by atoms with Gasteiger partial charge in [0.2, 0.25) is 0 Å². The Morgan fingerprint density at radius 1 is 1.22 bits per heavy atom. The predicted octanol–water partition coefficient (Wildman–Crippen LogP) is 2.67. The minimum Gasteiger partial charge on any atom is -0.497 e. The highest BCUT2D eigenvalue weighted by Gasteiger charge is 2.04. The number of ether oxygens (including phenoxy) is 3. The van der Waals surface area contributed by atoms with Gasteiger partial charge < -0.3 is 14.2 Å². The highest BCUT2D eigenvalue weighted by Crippen LogP contribution is 2.25. The lowest BCUT2D eigenvalue weighted by molar-refractivity contribution is -0.141. The third kappa shape index (κ3) is 4.13. The molecule has 0 radical (unpaired) electrons. The molecule has 0 spiro atoms. The number of methoxy groups -OCH3 is 2. The van der Waals surface area contributed by atoms with Crippen LogP contribution in [0.15, 0.2) is 24.3 Å². The van der Waals surface area contributed by atoms with Gasteiger partial charge in [-0.3, -0.25) is 0 Å². The van der Waals surface area contributed by atoms with Crippen molar-refractivity contribution in [3.05, 3.63) is 29.8 Å². The zero-order chi connectivity index (χ0) is 13.5. The second-order valence-electron chi connectivity index (χ2n) is 3.93. The van der Waals surface area contributed by atoms with Crippen LogP contribution in [0.3, 0.4) is 0 Å². The van der Waals surface area contributed by atoms with Gasteiger partial charge in [-0.2, -0.15) is 0 Å². The van der Waals surface area contributed by atoms with Gasteiger partial charge in [0.05, 0.1) is 20.3 Å². The number of rotatable bonds is 5. The van der Waals surface area contributed by atoms with Crippen LogP contribution in [0.4, 0.5) is 0 Å². The topological polar surface area (TPSA) is 44.8 Å². The van der Waals surface area contributed by atoms with Gasteiger partial charge in [0.1, 0.15) is 11.5 Å². The average Bonchev–Trinajstić information content (AvgIpc) is 2.35. The van der Waals surface area contributed by atoms with E-state index in [0.29, 0.717) is 11.5 Å². The molecule has 0 bridgehead atoms. The van der Waals surface area contributed by atoms with Crippen LogP contribution in [0.2, 0.25) is 0 Å². The highest BCUT2D eigenvalue weighted by molar-refractivity contribution is 5.87. The summed E-state index contributed by atoms with van der Waals surface area (Å²) in [5.41, 5.74) is 0.762. The van der Waals surface area contributed by atoms with Crippen molar-refractivity contribution < 1.29 is 19.0 Å². The van der Waals surface area contributed by atoms with Crippen molar-refractivity contribution in [1.82, 2.24) is 0 Å². The molecule has 0 atom stereocenters. The first-order chi connectivity index (χ1) is 8.56. The quantitative estimate of drug-likeness (QED) is 0.595. The van der Waals surface area contributed by atoms with Crippen LogP contribution in [0.25, 0.3) is 6.08 Å². The molecule has 1 aromatic rings. The first kappa shape index (κ1) is 14.1. The molecule has 4 heteroatoms. The third-order valence-electron chi connectivity index (χ3n) is 2.19. The molecule has 0 fully saturated rings. The Labute approximate surface area is 107 Å². The molecule has 98 valence electrons. The van der Waals surface area contributed by atoms with Crippen LogP contribution in [-0.4, -0.2) is 26.3 Å². The summed E-state index contributed by atoms with van der Waals surface area (Å²) in [7, 11) is 3.16. The fraction of sp³-hybridized carbons (Fsp3) is 0.357. The smallest absolute Gasteiger partial charge is 0.331 e. The Morgan fingerprint density at radius 2 is 1.94 bits per heavy atom. The Kier molecular flexibility index (Phi) is 5.24. The summed E-state index contributed by atoms with van der Waals surface area (Å²) < 4.78 is 15.3. The molecule has 1 rings (SSSR count). The summed E-state index contributed by atoms with van der Waals surface area (Å²) in [6.07, 6.45) is 2.89. The molecule has 0 amide bonds. The van der Waals surface area contributed by atoms with Crippen LogP contribution in [0, 0.1) is 0 Å². The van der Waals surface area contributed by atoms with Crippen molar-refractivity contribution in [2.45, 2.75) is 20.0 Å². The van der Waals surface area contributed by atoms with E-state index in [1.54, 1.807) is 52.3 Å². The standard InChI is InChI=1S/C14H18O4/c1-10(2)18-14(15)8-5-11-9-12(16-3)6-7-13(11)17-4/h5-10H,1-4H3/b8-5+. The van der Waals surface area contributed by atoms with Crippen LogP contribution < -0.4 is 9.47 Å². The van der Waals surface area contributed by atoms with Crippen molar-refractivity contribution in [1.29, 1.82) is 0 Å². The van der Waals surface area contributed by atoms with E-state index < -0.39 is 0 Å². The highest BCUT2D eigenvalue weighted by atomic mass is 16.5. The van der Waals surface area contributed by atoms with E-state index in [1.807, 2.05) is 0 Å². The van der Waals surface area contributed by atoms with Gasteiger partial charge >= 0.3 is 5.97 Å². The summed E-state index contributed by atoms with van der Waals surface area (Å²) in [5, 5.41) is 0. The lowest BCUT2D eigenvalue weighted by Gasteiger charge is -2.07. The Hall–Kier alpha value is -1.97.